The van der Waals surface area contributed by atoms with E-state index < -0.39 is 0 Å². The third-order valence-electron chi connectivity index (χ3n) is 3.20. The molecule has 1 saturated heterocycles. The minimum absolute atomic E-state index is 0.110. The van der Waals surface area contributed by atoms with E-state index in [-0.39, 0.29) is 11.7 Å². The van der Waals surface area contributed by atoms with Crippen molar-refractivity contribution in [2.75, 3.05) is 13.1 Å². The van der Waals surface area contributed by atoms with Gasteiger partial charge in [-0.2, -0.15) is 0 Å². The largest absolute Gasteiger partial charge is 0.294 e. The standard InChI is InChI=1S/C13H16NO/c1-10(12-7-8-14-9-12)13(15)11-5-3-2-4-6-11/h2-6,10,12H,7-9H2,1H3. The van der Waals surface area contributed by atoms with E-state index in [0.29, 0.717) is 5.92 Å². The Kier molecular flexibility index (Phi) is 3.17. The van der Waals surface area contributed by atoms with Crippen LogP contribution in [0.4, 0.5) is 0 Å². The lowest BCUT2D eigenvalue weighted by Gasteiger charge is -2.16. The maximum atomic E-state index is 12.1. The molecule has 1 aromatic rings. The van der Waals surface area contributed by atoms with E-state index in [2.05, 4.69) is 5.32 Å². The van der Waals surface area contributed by atoms with Crippen LogP contribution in [0.2, 0.25) is 0 Å². The normalized spacial score (nSPS) is 22.6. The Labute approximate surface area is 90.7 Å². The smallest absolute Gasteiger partial charge is 0.165 e. The Morgan fingerprint density at radius 2 is 2.13 bits per heavy atom. The fourth-order valence-corrected chi connectivity index (χ4v) is 2.09. The second kappa shape index (κ2) is 4.58. The highest BCUT2D eigenvalue weighted by molar-refractivity contribution is 5.97. The summed E-state index contributed by atoms with van der Waals surface area (Å²) < 4.78 is 0. The summed E-state index contributed by atoms with van der Waals surface area (Å²) >= 11 is 0. The van der Waals surface area contributed by atoms with E-state index in [0.717, 1.165) is 25.1 Å². The lowest BCUT2D eigenvalue weighted by Crippen LogP contribution is -2.22. The van der Waals surface area contributed by atoms with Crippen molar-refractivity contribution in [2.24, 2.45) is 11.8 Å². The number of rotatable bonds is 3. The summed E-state index contributed by atoms with van der Waals surface area (Å²) in [5.41, 5.74) is 0.830. The van der Waals surface area contributed by atoms with Crippen LogP contribution in [0.1, 0.15) is 23.7 Å². The van der Waals surface area contributed by atoms with E-state index >= 15 is 0 Å². The highest BCUT2D eigenvalue weighted by Gasteiger charge is 2.27. The van der Waals surface area contributed by atoms with Crippen molar-refractivity contribution in [3.63, 3.8) is 0 Å². The van der Waals surface area contributed by atoms with Crippen LogP contribution in [0.25, 0.3) is 0 Å². The van der Waals surface area contributed by atoms with Crippen molar-refractivity contribution < 1.29 is 4.79 Å². The van der Waals surface area contributed by atoms with Crippen LogP contribution >= 0.6 is 0 Å². The number of hydrogen-bond donors (Lipinski definition) is 0. The van der Waals surface area contributed by atoms with Gasteiger partial charge in [-0.1, -0.05) is 37.3 Å². The van der Waals surface area contributed by atoms with Crippen LogP contribution in [0, 0.1) is 11.8 Å². The van der Waals surface area contributed by atoms with Gasteiger partial charge in [0.05, 0.1) is 0 Å². The van der Waals surface area contributed by atoms with Gasteiger partial charge in [0.2, 0.25) is 0 Å². The molecule has 2 nitrogen and oxygen atoms in total. The molecule has 1 aromatic carbocycles. The van der Waals surface area contributed by atoms with Gasteiger partial charge in [-0.15, -0.1) is 0 Å². The van der Waals surface area contributed by atoms with Crippen molar-refractivity contribution in [1.29, 1.82) is 0 Å². The van der Waals surface area contributed by atoms with Crippen molar-refractivity contribution >= 4 is 5.78 Å². The molecule has 79 valence electrons. The molecule has 1 aliphatic heterocycles. The van der Waals surface area contributed by atoms with Crippen molar-refractivity contribution in [3.8, 4) is 0 Å². The Hall–Kier alpha value is -1.15. The van der Waals surface area contributed by atoms with Gasteiger partial charge in [0.1, 0.15) is 0 Å². The molecule has 2 atom stereocenters. The second-order valence-electron chi connectivity index (χ2n) is 4.20. The molecule has 1 radical (unpaired) electrons. The second-order valence-corrected chi connectivity index (χ2v) is 4.20. The predicted molar refractivity (Wildman–Crippen MR) is 59.9 cm³/mol. The molecule has 0 N–H and O–H groups in total. The van der Waals surface area contributed by atoms with Crippen LogP contribution in [0.3, 0.4) is 0 Å². The average molecular weight is 202 g/mol. The zero-order chi connectivity index (χ0) is 10.7. The molecule has 2 unspecified atom stereocenters. The van der Waals surface area contributed by atoms with Crippen molar-refractivity contribution in [2.45, 2.75) is 13.3 Å². The topological polar surface area (TPSA) is 31.2 Å². The number of carbonyl (C=O) groups excluding carboxylic acids is 1. The Balaban J connectivity index is 2.07. The first kappa shape index (κ1) is 10.4. The van der Waals surface area contributed by atoms with Crippen LogP contribution < -0.4 is 5.32 Å². The molecule has 2 rings (SSSR count). The van der Waals surface area contributed by atoms with Gasteiger partial charge in [-0.3, -0.25) is 4.79 Å². The summed E-state index contributed by atoms with van der Waals surface area (Å²) in [4.78, 5) is 12.1. The Morgan fingerprint density at radius 1 is 1.40 bits per heavy atom. The van der Waals surface area contributed by atoms with Crippen molar-refractivity contribution in [1.82, 2.24) is 5.32 Å². The summed E-state index contributed by atoms with van der Waals surface area (Å²) in [6.07, 6.45) is 1.07. The Morgan fingerprint density at radius 3 is 2.73 bits per heavy atom. The van der Waals surface area contributed by atoms with Crippen LogP contribution in [0.5, 0.6) is 0 Å². The molecule has 1 fully saturated rings. The first-order chi connectivity index (χ1) is 7.29. The molecule has 0 aromatic heterocycles. The molecule has 15 heavy (non-hydrogen) atoms. The number of nitrogens with zero attached hydrogens (tertiary/aromatic N) is 1. The van der Waals surface area contributed by atoms with Crippen LogP contribution in [-0.4, -0.2) is 18.9 Å². The van der Waals surface area contributed by atoms with Crippen LogP contribution in [-0.2, 0) is 0 Å². The van der Waals surface area contributed by atoms with E-state index in [9.17, 15) is 4.79 Å². The lowest BCUT2D eigenvalue weighted by molar-refractivity contribution is 0.0893. The van der Waals surface area contributed by atoms with Gasteiger partial charge >= 0.3 is 0 Å². The molecule has 1 heterocycles. The van der Waals surface area contributed by atoms with Gasteiger partial charge in [0.15, 0.2) is 5.78 Å². The van der Waals surface area contributed by atoms with Crippen LogP contribution in [0.15, 0.2) is 30.3 Å². The average Bonchev–Trinajstić information content (AvgIpc) is 2.82. The van der Waals surface area contributed by atoms with Gasteiger partial charge in [-0.25, -0.2) is 5.32 Å². The highest BCUT2D eigenvalue weighted by Crippen LogP contribution is 2.23. The number of carbonyl (C=O) groups is 1. The number of hydrogen-bond acceptors (Lipinski definition) is 1. The maximum Gasteiger partial charge on any atom is 0.165 e. The fraction of sp³-hybridized carbons (Fsp3) is 0.462. The first-order valence-electron chi connectivity index (χ1n) is 5.51. The van der Waals surface area contributed by atoms with Gasteiger partial charge in [0.25, 0.3) is 0 Å². The highest BCUT2D eigenvalue weighted by atomic mass is 16.1. The summed E-state index contributed by atoms with van der Waals surface area (Å²) in [6.45, 7) is 3.82. The minimum atomic E-state index is 0.110. The molecule has 0 saturated carbocycles. The zero-order valence-corrected chi connectivity index (χ0v) is 9.02. The molecular weight excluding hydrogens is 186 g/mol. The fourth-order valence-electron chi connectivity index (χ4n) is 2.09. The maximum absolute atomic E-state index is 12.1. The quantitative estimate of drug-likeness (QED) is 0.691. The molecule has 1 aliphatic rings. The Bertz CT molecular complexity index is 328. The summed E-state index contributed by atoms with van der Waals surface area (Å²) in [5.74, 6) is 0.828. The summed E-state index contributed by atoms with van der Waals surface area (Å²) in [6, 6.07) is 9.56. The number of benzene rings is 1. The SMILES string of the molecule is CC(C(=O)c1ccccc1)C1CC[N]C1. The third-order valence-corrected chi connectivity index (χ3v) is 3.20. The van der Waals surface area contributed by atoms with Crippen molar-refractivity contribution in [3.05, 3.63) is 35.9 Å². The van der Waals surface area contributed by atoms with Gasteiger partial charge < -0.3 is 0 Å². The molecule has 0 spiro atoms. The first-order valence-corrected chi connectivity index (χ1v) is 5.51. The minimum Gasteiger partial charge on any atom is -0.294 e. The molecule has 0 bridgehead atoms. The summed E-state index contributed by atoms with van der Waals surface area (Å²) in [5, 5.41) is 4.31. The zero-order valence-electron chi connectivity index (χ0n) is 9.02. The number of Topliss-reactive ketones (excluding diaryl/α,β-unsaturated/α-hetero) is 1. The molecule has 2 heteroatoms. The lowest BCUT2D eigenvalue weighted by atomic mass is 9.87. The van der Waals surface area contributed by atoms with Gasteiger partial charge in [0, 0.05) is 24.6 Å². The van der Waals surface area contributed by atoms with Gasteiger partial charge in [-0.05, 0) is 12.3 Å². The summed E-state index contributed by atoms with van der Waals surface area (Å²) in [7, 11) is 0. The molecule has 0 amide bonds. The predicted octanol–water partition coefficient (Wildman–Crippen LogP) is 2.13. The third kappa shape index (κ3) is 2.26. The van der Waals surface area contributed by atoms with E-state index in [4.69, 9.17) is 0 Å². The molecule has 0 aliphatic carbocycles. The number of ketones is 1. The van der Waals surface area contributed by atoms with E-state index in [1.165, 1.54) is 0 Å². The van der Waals surface area contributed by atoms with E-state index in [1.807, 2.05) is 37.3 Å². The van der Waals surface area contributed by atoms with E-state index in [1.54, 1.807) is 0 Å². The monoisotopic (exact) mass is 202 g/mol. The molecular formula is C13H16NO.